The van der Waals surface area contributed by atoms with Gasteiger partial charge in [0, 0.05) is 11.6 Å². The Bertz CT molecular complexity index is 523. The van der Waals surface area contributed by atoms with Crippen molar-refractivity contribution in [2.45, 2.75) is 77.3 Å². The van der Waals surface area contributed by atoms with Gasteiger partial charge in [-0.1, -0.05) is 51.1 Å². The van der Waals surface area contributed by atoms with Gasteiger partial charge in [-0.05, 0) is 50.5 Å². The Morgan fingerprint density at radius 3 is 2.05 bits per heavy atom. The van der Waals surface area contributed by atoms with E-state index in [0.717, 1.165) is 25.7 Å². The Morgan fingerprint density at radius 2 is 1.59 bits per heavy atom. The van der Waals surface area contributed by atoms with E-state index in [9.17, 15) is 5.26 Å². The molecule has 0 aromatic heterocycles. The molecule has 0 unspecified atom stereocenters. The molecule has 0 heterocycles. The Hall–Kier alpha value is -1.33. The normalized spacial score (nSPS) is 26.5. The monoisotopic (exact) mass is 298 g/mol. The molecule has 1 aliphatic carbocycles. The predicted octanol–water partition coefficient (Wildman–Crippen LogP) is 4.80. The molecule has 0 saturated heterocycles. The van der Waals surface area contributed by atoms with Gasteiger partial charge in [0.2, 0.25) is 0 Å². The third-order valence-corrected chi connectivity index (χ3v) is 5.82. The van der Waals surface area contributed by atoms with E-state index in [0.29, 0.717) is 6.04 Å². The quantitative estimate of drug-likeness (QED) is 0.869. The fourth-order valence-electron chi connectivity index (χ4n) is 3.20. The van der Waals surface area contributed by atoms with Crippen molar-refractivity contribution >= 4 is 0 Å². The van der Waals surface area contributed by atoms with Gasteiger partial charge in [0.15, 0.2) is 0 Å². The number of nitrogens with zero attached hydrogens (tertiary/aromatic N) is 1. The van der Waals surface area contributed by atoms with Crippen molar-refractivity contribution in [1.29, 1.82) is 5.26 Å². The molecule has 1 aromatic rings. The van der Waals surface area contributed by atoms with E-state index in [2.05, 4.69) is 58.1 Å². The first-order valence-electron chi connectivity index (χ1n) is 8.45. The van der Waals surface area contributed by atoms with Crippen molar-refractivity contribution in [2.24, 2.45) is 5.41 Å². The van der Waals surface area contributed by atoms with E-state index >= 15 is 0 Å². The van der Waals surface area contributed by atoms with Crippen LogP contribution in [-0.4, -0.2) is 11.6 Å². The van der Waals surface area contributed by atoms with Crippen LogP contribution in [0.3, 0.4) is 0 Å². The number of hydrogen-bond donors (Lipinski definition) is 1. The lowest BCUT2D eigenvalue weighted by atomic mass is 9.68. The van der Waals surface area contributed by atoms with E-state index in [-0.39, 0.29) is 16.4 Å². The van der Waals surface area contributed by atoms with Crippen LogP contribution in [-0.2, 0) is 5.41 Å². The molecule has 0 radical (unpaired) electrons. The smallest absolute Gasteiger partial charge is 0.0823 e. The largest absolute Gasteiger partial charge is 0.309 e. The summed E-state index contributed by atoms with van der Waals surface area (Å²) in [6, 6.07) is 13.5. The SMILES string of the molecule is CC(C)(C)C(C)(C)NC1CCC(C#N)(c2ccccc2)CC1. The molecular formula is C20H30N2. The minimum absolute atomic E-state index is 0.0943. The van der Waals surface area contributed by atoms with E-state index in [1.807, 2.05) is 18.2 Å². The number of hydrogen-bond acceptors (Lipinski definition) is 2. The van der Waals surface area contributed by atoms with Gasteiger partial charge in [-0.15, -0.1) is 0 Å². The van der Waals surface area contributed by atoms with Crippen LogP contribution < -0.4 is 5.32 Å². The molecule has 22 heavy (non-hydrogen) atoms. The number of benzene rings is 1. The molecule has 1 N–H and O–H groups in total. The van der Waals surface area contributed by atoms with Crippen molar-refractivity contribution in [3.8, 4) is 6.07 Å². The summed E-state index contributed by atoms with van der Waals surface area (Å²) in [5.41, 5.74) is 1.21. The Balaban J connectivity index is 2.06. The maximum atomic E-state index is 9.77. The summed E-state index contributed by atoms with van der Waals surface area (Å²) in [5, 5.41) is 13.6. The molecule has 0 amide bonds. The van der Waals surface area contributed by atoms with Crippen LogP contribution in [0.25, 0.3) is 0 Å². The number of nitrogens with one attached hydrogen (secondary N) is 1. The van der Waals surface area contributed by atoms with Gasteiger partial charge < -0.3 is 5.32 Å². The molecule has 2 rings (SSSR count). The molecule has 1 fully saturated rings. The highest BCUT2D eigenvalue weighted by atomic mass is 15.0. The van der Waals surface area contributed by atoms with E-state index in [4.69, 9.17) is 0 Å². The van der Waals surface area contributed by atoms with Crippen molar-refractivity contribution in [3.05, 3.63) is 35.9 Å². The summed E-state index contributed by atoms with van der Waals surface area (Å²) in [6.07, 6.45) is 4.04. The van der Waals surface area contributed by atoms with E-state index in [1.54, 1.807) is 0 Å². The maximum absolute atomic E-state index is 9.77. The second-order valence-corrected chi connectivity index (χ2v) is 8.35. The standard InChI is InChI=1S/C20H30N2/c1-18(2,3)19(4,5)22-17-11-13-20(15-21,14-12-17)16-9-7-6-8-10-16/h6-10,17,22H,11-14H2,1-5H3. The van der Waals surface area contributed by atoms with Crippen LogP contribution in [0, 0.1) is 16.7 Å². The van der Waals surface area contributed by atoms with Crippen molar-refractivity contribution in [2.75, 3.05) is 0 Å². The molecule has 0 spiro atoms. The molecular weight excluding hydrogens is 268 g/mol. The molecule has 0 bridgehead atoms. The van der Waals surface area contributed by atoms with Gasteiger partial charge in [0.1, 0.15) is 0 Å². The lowest BCUT2D eigenvalue weighted by Crippen LogP contribution is -2.55. The zero-order chi connectivity index (χ0) is 16.4. The number of nitriles is 1. The summed E-state index contributed by atoms with van der Waals surface area (Å²) in [6.45, 7) is 11.4. The highest BCUT2D eigenvalue weighted by Gasteiger charge is 2.40. The fourth-order valence-corrected chi connectivity index (χ4v) is 3.20. The van der Waals surface area contributed by atoms with Gasteiger partial charge in [-0.2, -0.15) is 5.26 Å². The van der Waals surface area contributed by atoms with Crippen LogP contribution in [0.5, 0.6) is 0 Å². The molecule has 1 aromatic carbocycles. The predicted molar refractivity (Wildman–Crippen MR) is 92.7 cm³/mol. The molecule has 0 aliphatic heterocycles. The van der Waals surface area contributed by atoms with Gasteiger partial charge in [-0.25, -0.2) is 0 Å². The Kier molecular flexibility index (Phi) is 4.68. The van der Waals surface area contributed by atoms with Gasteiger partial charge >= 0.3 is 0 Å². The highest BCUT2D eigenvalue weighted by molar-refractivity contribution is 5.33. The summed E-state index contributed by atoms with van der Waals surface area (Å²) in [7, 11) is 0. The van der Waals surface area contributed by atoms with Gasteiger partial charge in [-0.3, -0.25) is 0 Å². The molecule has 1 aliphatic rings. The topological polar surface area (TPSA) is 35.8 Å². The zero-order valence-electron chi connectivity index (χ0n) is 14.7. The first-order valence-corrected chi connectivity index (χ1v) is 8.45. The molecule has 2 heteroatoms. The third kappa shape index (κ3) is 3.36. The molecule has 2 nitrogen and oxygen atoms in total. The van der Waals surface area contributed by atoms with Crippen LogP contribution in [0.2, 0.25) is 0 Å². The van der Waals surface area contributed by atoms with Crippen molar-refractivity contribution < 1.29 is 0 Å². The zero-order valence-corrected chi connectivity index (χ0v) is 14.7. The summed E-state index contributed by atoms with van der Waals surface area (Å²) >= 11 is 0. The molecule has 120 valence electrons. The molecule has 0 atom stereocenters. The minimum Gasteiger partial charge on any atom is -0.309 e. The number of rotatable bonds is 3. The van der Waals surface area contributed by atoms with Crippen molar-refractivity contribution in [1.82, 2.24) is 5.32 Å². The van der Waals surface area contributed by atoms with Crippen LogP contribution in [0.4, 0.5) is 0 Å². The summed E-state index contributed by atoms with van der Waals surface area (Å²) < 4.78 is 0. The van der Waals surface area contributed by atoms with E-state index < -0.39 is 0 Å². The van der Waals surface area contributed by atoms with E-state index in [1.165, 1.54) is 5.56 Å². The highest BCUT2D eigenvalue weighted by Crippen LogP contribution is 2.40. The maximum Gasteiger partial charge on any atom is 0.0823 e. The van der Waals surface area contributed by atoms with Crippen LogP contribution in [0.1, 0.15) is 65.9 Å². The average Bonchev–Trinajstić information content (AvgIpc) is 2.48. The van der Waals surface area contributed by atoms with Gasteiger partial charge in [0.25, 0.3) is 0 Å². The molecule has 1 saturated carbocycles. The fraction of sp³-hybridized carbons (Fsp3) is 0.650. The Labute approximate surface area is 135 Å². The van der Waals surface area contributed by atoms with Crippen molar-refractivity contribution in [3.63, 3.8) is 0 Å². The van der Waals surface area contributed by atoms with Crippen LogP contribution >= 0.6 is 0 Å². The minimum atomic E-state index is -0.286. The van der Waals surface area contributed by atoms with Crippen LogP contribution in [0.15, 0.2) is 30.3 Å². The van der Waals surface area contributed by atoms with Gasteiger partial charge in [0.05, 0.1) is 11.5 Å². The Morgan fingerprint density at radius 1 is 1.05 bits per heavy atom. The first kappa shape index (κ1) is 17.0. The lowest BCUT2D eigenvalue weighted by molar-refractivity contribution is 0.137. The summed E-state index contributed by atoms with van der Waals surface area (Å²) in [4.78, 5) is 0. The first-order chi connectivity index (χ1) is 10.2. The second kappa shape index (κ2) is 6.05. The lowest BCUT2D eigenvalue weighted by Gasteiger charge is -2.45. The summed E-state index contributed by atoms with van der Waals surface area (Å²) in [5.74, 6) is 0. The third-order valence-electron chi connectivity index (χ3n) is 5.82. The second-order valence-electron chi connectivity index (χ2n) is 8.35. The average molecular weight is 298 g/mol.